The van der Waals surface area contributed by atoms with Crippen LogP contribution in [0.3, 0.4) is 0 Å². The molecule has 1 fully saturated rings. The number of benzene rings is 2. The summed E-state index contributed by atoms with van der Waals surface area (Å²) in [4.78, 5) is 41.4. The summed E-state index contributed by atoms with van der Waals surface area (Å²) in [6.45, 7) is 2.66. The van der Waals surface area contributed by atoms with Crippen LogP contribution in [0.25, 0.3) is 10.9 Å². The van der Waals surface area contributed by atoms with E-state index in [2.05, 4.69) is 10.3 Å². The molecular weight excluding hydrogens is 470 g/mol. The number of sulfonamides is 1. The number of primary amides is 1. The molecule has 1 atom stereocenters. The fourth-order valence-electron chi connectivity index (χ4n) is 4.25. The number of hydrogen-bond acceptors (Lipinski definition) is 6. The molecule has 1 aliphatic heterocycles. The van der Waals surface area contributed by atoms with E-state index in [1.165, 1.54) is 32.3 Å². The van der Waals surface area contributed by atoms with E-state index in [-0.39, 0.29) is 21.9 Å². The van der Waals surface area contributed by atoms with E-state index >= 15 is 0 Å². The highest BCUT2D eigenvalue weighted by atomic mass is 32.2. The molecule has 1 aliphatic rings. The minimum atomic E-state index is -3.78. The molecule has 2 aromatic carbocycles. The van der Waals surface area contributed by atoms with Gasteiger partial charge in [-0.3, -0.25) is 14.4 Å². The second kappa shape index (κ2) is 9.16. The molecule has 0 aliphatic carbocycles. The Labute approximate surface area is 202 Å². The summed E-state index contributed by atoms with van der Waals surface area (Å²) in [5.74, 6) is -1.25. The van der Waals surface area contributed by atoms with Crippen LogP contribution in [-0.4, -0.2) is 56.7 Å². The zero-order valence-corrected chi connectivity index (χ0v) is 20.5. The van der Waals surface area contributed by atoms with Gasteiger partial charge >= 0.3 is 0 Å². The van der Waals surface area contributed by atoms with E-state index < -0.39 is 21.8 Å². The number of nitrogens with two attached hydrogens (primary N) is 1. The number of nitrogens with zero attached hydrogens (tertiary/aromatic N) is 2. The first-order valence-electron chi connectivity index (χ1n) is 11.0. The molecule has 0 bridgehead atoms. The number of amides is 2. The molecule has 2 heterocycles. The third-order valence-corrected chi connectivity index (χ3v) is 8.04. The molecule has 3 aromatic rings. The number of carbonyl (C=O) groups is 2. The molecule has 0 spiro atoms. The summed E-state index contributed by atoms with van der Waals surface area (Å²) < 4.78 is 26.6. The minimum Gasteiger partial charge on any atom is -0.370 e. The summed E-state index contributed by atoms with van der Waals surface area (Å²) in [6.07, 6.45) is 0.552. The summed E-state index contributed by atoms with van der Waals surface area (Å²) in [6, 6.07) is 11.0. The third-order valence-electron chi connectivity index (χ3n) is 6.23. The van der Waals surface area contributed by atoms with Gasteiger partial charge in [-0.15, -0.1) is 0 Å². The molecule has 10 nitrogen and oxygen atoms in total. The number of hydrogen-bond donors (Lipinski definition) is 3. The van der Waals surface area contributed by atoms with Gasteiger partial charge in [-0.1, -0.05) is 0 Å². The molecule has 184 valence electrons. The van der Waals surface area contributed by atoms with E-state index in [1.54, 1.807) is 31.2 Å². The van der Waals surface area contributed by atoms with Crippen LogP contribution in [0.1, 0.15) is 22.3 Å². The number of aryl methyl sites for hydroxylation is 1. The molecule has 4 rings (SSSR count). The minimum absolute atomic E-state index is 0.0195. The maximum Gasteiger partial charge on any atom is 0.257 e. The number of fused-ring (bicyclic) bond motifs is 1. The maximum atomic E-state index is 13.4. The van der Waals surface area contributed by atoms with E-state index in [9.17, 15) is 22.8 Å². The van der Waals surface area contributed by atoms with Crippen molar-refractivity contribution in [3.05, 3.63) is 63.9 Å². The topological polar surface area (TPSA) is 146 Å². The SMILES string of the molecule is Cc1cc(=O)[nH]c2ccc(NC(=O)c3cc(S(=O)(=O)N(C)C)ccc3N3CCC(C(N)=O)C3)cc12. The molecule has 4 N–H and O–H groups in total. The van der Waals surface area contributed by atoms with Gasteiger partial charge in [0.1, 0.15) is 0 Å². The highest BCUT2D eigenvalue weighted by Gasteiger charge is 2.30. The quantitative estimate of drug-likeness (QED) is 0.472. The average molecular weight is 498 g/mol. The Kier molecular flexibility index (Phi) is 6.39. The van der Waals surface area contributed by atoms with Gasteiger partial charge in [-0.25, -0.2) is 12.7 Å². The van der Waals surface area contributed by atoms with E-state index in [4.69, 9.17) is 5.73 Å². The molecule has 0 radical (unpaired) electrons. The number of nitrogens with one attached hydrogen (secondary N) is 2. The van der Waals surface area contributed by atoms with Crippen molar-refractivity contribution >= 4 is 44.1 Å². The molecule has 1 unspecified atom stereocenters. The molecule has 0 saturated carbocycles. The number of H-pyrrole nitrogens is 1. The summed E-state index contributed by atoms with van der Waals surface area (Å²) in [5.41, 5.74) is 7.82. The Morgan fingerprint density at radius 1 is 1.14 bits per heavy atom. The largest absolute Gasteiger partial charge is 0.370 e. The van der Waals surface area contributed by atoms with Crippen LogP contribution >= 0.6 is 0 Å². The number of anilines is 2. The molecule has 1 aromatic heterocycles. The van der Waals surface area contributed by atoms with Gasteiger partial charge < -0.3 is 20.9 Å². The van der Waals surface area contributed by atoms with Crippen molar-refractivity contribution in [2.45, 2.75) is 18.2 Å². The average Bonchev–Trinajstić information content (AvgIpc) is 3.29. The van der Waals surface area contributed by atoms with Crippen molar-refractivity contribution in [1.29, 1.82) is 0 Å². The second-order valence-electron chi connectivity index (χ2n) is 8.83. The first-order valence-corrected chi connectivity index (χ1v) is 12.5. The predicted molar refractivity (Wildman–Crippen MR) is 134 cm³/mol. The third kappa shape index (κ3) is 4.77. The van der Waals surface area contributed by atoms with Crippen LogP contribution in [-0.2, 0) is 14.8 Å². The van der Waals surface area contributed by atoms with Crippen LogP contribution in [0.15, 0.2) is 52.2 Å². The number of rotatable bonds is 6. The lowest BCUT2D eigenvalue weighted by Crippen LogP contribution is -2.29. The highest BCUT2D eigenvalue weighted by Crippen LogP contribution is 2.31. The van der Waals surface area contributed by atoms with Gasteiger partial charge in [0.25, 0.3) is 5.91 Å². The lowest BCUT2D eigenvalue weighted by molar-refractivity contribution is -0.121. The fourth-order valence-corrected chi connectivity index (χ4v) is 5.18. The van der Waals surface area contributed by atoms with Crippen LogP contribution < -0.4 is 21.5 Å². The van der Waals surface area contributed by atoms with Gasteiger partial charge in [0, 0.05) is 55.5 Å². The highest BCUT2D eigenvalue weighted by molar-refractivity contribution is 7.89. The molecule has 1 saturated heterocycles. The Bertz CT molecular complexity index is 1500. The summed E-state index contributed by atoms with van der Waals surface area (Å²) in [7, 11) is -0.943. The zero-order valence-electron chi connectivity index (χ0n) is 19.7. The molecule has 35 heavy (non-hydrogen) atoms. The van der Waals surface area contributed by atoms with Gasteiger partial charge in [-0.05, 0) is 55.3 Å². The molecule has 2 amide bonds. The standard InChI is InChI=1S/C24H27N5O5S/c1-14-10-22(30)27-20-6-4-16(11-18(14)20)26-24(32)19-12-17(35(33,34)28(2)3)5-7-21(19)29-9-8-15(13-29)23(25)31/h4-7,10-12,15H,8-9,13H2,1-3H3,(H2,25,31)(H,26,32)(H,27,30). The van der Waals surface area contributed by atoms with Crippen molar-refractivity contribution < 1.29 is 18.0 Å². The van der Waals surface area contributed by atoms with E-state index in [1.807, 2.05) is 4.90 Å². The number of aromatic amines is 1. The van der Waals surface area contributed by atoms with Crippen LogP contribution in [0.2, 0.25) is 0 Å². The lowest BCUT2D eigenvalue weighted by Gasteiger charge is -2.23. The van der Waals surface area contributed by atoms with Crippen LogP contribution in [0.4, 0.5) is 11.4 Å². The van der Waals surface area contributed by atoms with Gasteiger partial charge in [0.15, 0.2) is 0 Å². The number of aromatic nitrogens is 1. The monoisotopic (exact) mass is 497 g/mol. The Hall–Kier alpha value is -3.70. The summed E-state index contributed by atoms with van der Waals surface area (Å²) >= 11 is 0. The lowest BCUT2D eigenvalue weighted by atomic mass is 10.1. The maximum absolute atomic E-state index is 13.4. The van der Waals surface area contributed by atoms with E-state index in [0.717, 1.165) is 15.3 Å². The fraction of sp³-hybridized carbons (Fsp3) is 0.292. The van der Waals surface area contributed by atoms with Crippen molar-refractivity contribution in [1.82, 2.24) is 9.29 Å². The Balaban J connectivity index is 1.74. The molecule has 11 heteroatoms. The first-order chi connectivity index (χ1) is 16.5. The van der Waals surface area contributed by atoms with Crippen molar-refractivity contribution in [3.8, 4) is 0 Å². The van der Waals surface area contributed by atoms with Gasteiger partial charge in [0.05, 0.1) is 16.4 Å². The predicted octanol–water partition coefficient (Wildman–Crippen LogP) is 1.65. The van der Waals surface area contributed by atoms with Crippen LogP contribution in [0.5, 0.6) is 0 Å². The van der Waals surface area contributed by atoms with Crippen molar-refractivity contribution in [3.63, 3.8) is 0 Å². The van der Waals surface area contributed by atoms with Crippen molar-refractivity contribution in [2.24, 2.45) is 11.7 Å². The summed E-state index contributed by atoms with van der Waals surface area (Å²) in [5, 5.41) is 3.61. The smallest absolute Gasteiger partial charge is 0.257 e. The first kappa shape index (κ1) is 24.4. The number of pyridine rings is 1. The normalized spacial score (nSPS) is 16.1. The van der Waals surface area contributed by atoms with Crippen molar-refractivity contribution in [2.75, 3.05) is 37.4 Å². The second-order valence-corrected chi connectivity index (χ2v) is 11.0. The Morgan fingerprint density at radius 3 is 2.54 bits per heavy atom. The number of carbonyl (C=O) groups excluding carboxylic acids is 2. The molecular formula is C24H27N5O5S. The zero-order chi connectivity index (χ0) is 25.5. The van der Waals surface area contributed by atoms with E-state index in [0.29, 0.717) is 36.4 Å². The van der Waals surface area contributed by atoms with Gasteiger partial charge in [-0.2, -0.15) is 0 Å². The Morgan fingerprint density at radius 2 is 1.89 bits per heavy atom. The van der Waals surface area contributed by atoms with Gasteiger partial charge in [0.2, 0.25) is 21.5 Å². The van der Waals surface area contributed by atoms with Crippen LogP contribution in [0, 0.1) is 12.8 Å².